The molecule has 1 amide bonds. The Balaban J connectivity index is 1.63. The molecule has 0 aliphatic carbocycles. The SMILES string of the molecule is O=C(COc1cccc(CO)c1)NCCCc1ccccc1. The number of hydrogen-bond acceptors (Lipinski definition) is 3. The molecule has 0 aliphatic rings. The normalized spacial score (nSPS) is 10.2. The molecule has 0 unspecified atom stereocenters. The molecule has 0 heterocycles. The molecule has 4 heteroatoms. The van der Waals surface area contributed by atoms with E-state index in [0.717, 1.165) is 18.4 Å². The topological polar surface area (TPSA) is 58.6 Å². The van der Waals surface area contributed by atoms with Gasteiger partial charge in [-0.2, -0.15) is 0 Å². The zero-order valence-corrected chi connectivity index (χ0v) is 12.5. The number of rotatable bonds is 8. The van der Waals surface area contributed by atoms with Crippen molar-refractivity contribution in [1.29, 1.82) is 0 Å². The summed E-state index contributed by atoms with van der Waals surface area (Å²) in [5.74, 6) is 0.452. The Morgan fingerprint density at radius 1 is 1.05 bits per heavy atom. The minimum Gasteiger partial charge on any atom is -0.484 e. The minimum atomic E-state index is -0.137. The van der Waals surface area contributed by atoms with Gasteiger partial charge < -0.3 is 15.2 Å². The molecule has 0 aromatic heterocycles. The Hall–Kier alpha value is -2.33. The van der Waals surface area contributed by atoms with Crippen molar-refractivity contribution in [1.82, 2.24) is 5.32 Å². The Bertz CT molecular complexity index is 584. The van der Waals surface area contributed by atoms with Crippen LogP contribution in [0.25, 0.3) is 0 Å². The fourth-order valence-electron chi connectivity index (χ4n) is 2.10. The lowest BCUT2D eigenvalue weighted by molar-refractivity contribution is -0.123. The molecule has 0 saturated heterocycles. The van der Waals surface area contributed by atoms with E-state index in [-0.39, 0.29) is 19.1 Å². The van der Waals surface area contributed by atoms with Crippen molar-refractivity contribution in [2.75, 3.05) is 13.2 Å². The van der Waals surface area contributed by atoms with Crippen molar-refractivity contribution < 1.29 is 14.6 Å². The number of carbonyl (C=O) groups is 1. The average Bonchev–Trinajstić information content (AvgIpc) is 2.58. The van der Waals surface area contributed by atoms with Gasteiger partial charge in [-0.1, -0.05) is 42.5 Å². The summed E-state index contributed by atoms with van der Waals surface area (Å²) >= 11 is 0. The third kappa shape index (κ3) is 5.58. The molecule has 0 fully saturated rings. The van der Waals surface area contributed by atoms with Gasteiger partial charge in [0, 0.05) is 6.54 Å². The van der Waals surface area contributed by atoms with E-state index in [9.17, 15) is 4.79 Å². The highest BCUT2D eigenvalue weighted by atomic mass is 16.5. The fraction of sp³-hybridized carbons (Fsp3) is 0.278. The molecular formula is C18H21NO3. The van der Waals surface area contributed by atoms with E-state index in [1.54, 1.807) is 24.3 Å². The maximum absolute atomic E-state index is 11.7. The maximum Gasteiger partial charge on any atom is 0.257 e. The average molecular weight is 299 g/mol. The molecule has 0 saturated carbocycles. The minimum absolute atomic E-state index is 0.0137. The monoisotopic (exact) mass is 299 g/mol. The Morgan fingerprint density at radius 2 is 1.82 bits per heavy atom. The number of aryl methyl sites for hydroxylation is 1. The molecule has 22 heavy (non-hydrogen) atoms. The third-order valence-corrected chi connectivity index (χ3v) is 3.26. The van der Waals surface area contributed by atoms with Crippen molar-refractivity contribution in [2.24, 2.45) is 0 Å². The van der Waals surface area contributed by atoms with Crippen LogP contribution in [-0.4, -0.2) is 24.2 Å². The number of hydrogen-bond donors (Lipinski definition) is 2. The summed E-state index contributed by atoms with van der Waals surface area (Å²) < 4.78 is 5.40. The van der Waals surface area contributed by atoms with E-state index >= 15 is 0 Å². The van der Waals surface area contributed by atoms with Crippen LogP contribution in [0.15, 0.2) is 54.6 Å². The summed E-state index contributed by atoms with van der Waals surface area (Å²) in [5, 5.41) is 11.9. The number of benzene rings is 2. The number of ether oxygens (including phenoxy) is 1. The van der Waals surface area contributed by atoms with E-state index in [0.29, 0.717) is 12.3 Å². The van der Waals surface area contributed by atoms with Gasteiger partial charge in [0.15, 0.2) is 6.61 Å². The van der Waals surface area contributed by atoms with Crippen LogP contribution in [0.3, 0.4) is 0 Å². The molecular weight excluding hydrogens is 278 g/mol. The van der Waals surface area contributed by atoms with Crippen molar-refractivity contribution in [3.8, 4) is 5.75 Å². The van der Waals surface area contributed by atoms with Crippen molar-refractivity contribution >= 4 is 5.91 Å². The third-order valence-electron chi connectivity index (χ3n) is 3.26. The number of nitrogens with one attached hydrogen (secondary N) is 1. The lowest BCUT2D eigenvalue weighted by Gasteiger charge is -2.08. The molecule has 0 spiro atoms. The summed E-state index contributed by atoms with van der Waals surface area (Å²) in [4.78, 5) is 11.7. The Morgan fingerprint density at radius 3 is 2.59 bits per heavy atom. The molecule has 2 N–H and O–H groups in total. The van der Waals surface area contributed by atoms with Crippen molar-refractivity contribution in [3.05, 3.63) is 65.7 Å². The molecule has 0 atom stereocenters. The van der Waals surface area contributed by atoms with Crippen LogP contribution in [0.5, 0.6) is 5.75 Å². The maximum atomic E-state index is 11.7. The standard InChI is InChI=1S/C18H21NO3/c20-13-16-8-4-10-17(12-16)22-14-18(21)19-11-5-9-15-6-2-1-3-7-15/h1-4,6-8,10,12,20H,5,9,11,13-14H2,(H,19,21). The van der Waals surface area contributed by atoms with Gasteiger partial charge in [0.2, 0.25) is 0 Å². The highest BCUT2D eigenvalue weighted by molar-refractivity contribution is 5.77. The first-order chi connectivity index (χ1) is 10.8. The van der Waals surface area contributed by atoms with Gasteiger partial charge >= 0.3 is 0 Å². The Labute approximate surface area is 130 Å². The summed E-state index contributed by atoms with van der Waals surface area (Å²) in [6.07, 6.45) is 1.84. The first kappa shape index (κ1) is 16.0. The lowest BCUT2D eigenvalue weighted by atomic mass is 10.1. The van der Waals surface area contributed by atoms with Crippen LogP contribution in [0.2, 0.25) is 0 Å². The van der Waals surface area contributed by atoms with E-state index in [4.69, 9.17) is 9.84 Å². The number of carbonyl (C=O) groups excluding carboxylic acids is 1. The number of aliphatic hydroxyl groups excluding tert-OH is 1. The summed E-state index contributed by atoms with van der Waals surface area (Å²) in [5.41, 5.74) is 2.04. The van der Waals surface area contributed by atoms with E-state index in [1.165, 1.54) is 5.56 Å². The van der Waals surface area contributed by atoms with Crippen LogP contribution in [0, 0.1) is 0 Å². The van der Waals surface area contributed by atoms with Crippen LogP contribution >= 0.6 is 0 Å². The first-order valence-electron chi connectivity index (χ1n) is 7.41. The molecule has 2 rings (SSSR count). The molecule has 116 valence electrons. The largest absolute Gasteiger partial charge is 0.484 e. The molecule has 0 aliphatic heterocycles. The lowest BCUT2D eigenvalue weighted by Crippen LogP contribution is -2.29. The van der Waals surface area contributed by atoms with Gasteiger partial charge in [0.05, 0.1) is 6.61 Å². The second-order valence-electron chi connectivity index (χ2n) is 5.03. The molecule has 0 radical (unpaired) electrons. The van der Waals surface area contributed by atoms with Crippen molar-refractivity contribution in [3.63, 3.8) is 0 Å². The second-order valence-corrected chi connectivity index (χ2v) is 5.03. The van der Waals surface area contributed by atoms with Gasteiger partial charge in [0.1, 0.15) is 5.75 Å². The van der Waals surface area contributed by atoms with Crippen LogP contribution in [0.4, 0.5) is 0 Å². The van der Waals surface area contributed by atoms with Gasteiger partial charge in [-0.3, -0.25) is 4.79 Å². The number of aliphatic hydroxyl groups is 1. The summed E-state index contributed by atoms with van der Waals surface area (Å²) in [6.45, 7) is 0.580. The predicted molar refractivity (Wildman–Crippen MR) is 85.6 cm³/mol. The highest BCUT2D eigenvalue weighted by Crippen LogP contribution is 2.12. The predicted octanol–water partition coefficient (Wildman–Crippen LogP) is 2.31. The molecule has 2 aromatic carbocycles. The van der Waals surface area contributed by atoms with Crippen LogP contribution in [-0.2, 0) is 17.8 Å². The highest BCUT2D eigenvalue weighted by Gasteiger charge is 2.03. The van der Waals surface area contributed by atoms with E-state index in [1.807, 2.05) is 18.2 Å². The van der Waals surface area contributed by atoms with Gasteiger partial charge in [-0.25, -0.2) is 0 Å². The molecule has 4 nitrogen and oxygen atoms in total. The van der Waals surface area contributed by atoms with Gasteiger partial charge in [-0.05, 0) is 36.1 Å². The first-order valence-corrected chi connectivity index (χ1v) is 7.41. The van der Waals surface area contributed by atoms with Gasteiger partial charge in [-0.15, -0.1) is 0 Å². The van der Waals surface area contributed by atoms with E-state index < -0.39 is 0 Å². The zero-order valence-electron chi connectivity index (χ0n) is 12.5. The molecule has 0 bridgehead atoms. The van der Waals surface area contributed by atoms with Crippen molar-refractivity contribution in [2.45, 2.75) is 19.4 Å². The quantitative estimate of drug-likeness (QED) is 0.735. The van der Waals surface area contributed by atoms with Gasteiger partial charge in [0.25, 0.3) is 5.91 Å². The van der Waals surface area contributed by atoms with Crippen LogP contribution < -0.4 is 10.1 Å². The molecule has 2 aromatic rings. The zero-order chi connectivity index (χ0) is 15.6. The number of amides is 1. The summed E-state index contributed by atoms with van der Waals surface area (Å²) in [6, 6.07) is 17.3. The second kappa shape index (κ2) is 8.85. The van der Waals surface area contributed by atoms with E-state index in [2.05, 4.69) is 17.4 Å². The summed E-state index contributed by atoms with van der Waals surface area (Å²) in [7, 11) is 0. The van der Waals surface area contributed by atoms with Crippen LogP contribution in [0.1, 0.15) is 17.5 Å². The Kier molecular flexibility index (Phi) is 6.45. The smallest absolute Gasteiger partial charge is 0.257 e. The fourth-order valence-corrected chi connectivity index (χ4v) is 2.10.